The fourth-order valence-electron chi connectivity index (χ4n) is 2.85. The number of fused-ring (bicyclic) bond motifs is 1. The zero-order valence-corrected chi connectivity index (χ0v) is 15.9. The molecule has 0 aliphatic rings. The number of methoxy groups -OCH3 is 1. The van der Waals surface area contributed by atoms with Gasteiger partial charge in [-0.25, -0.2) is 0 Å². The van der Waals surface area contributed by atoms with Crippen molar-refractivity contribution in [2.45, 2.75) is 6.10 Å². The zero-order chi connectivity index (χ0) is 20.1. The van der Waals surface area contributed by atoms with Gasteiger partial charge in [-0.15, -0.1) is 0 Å². The Morgan fingerprint density at radius 3 is 2.57 bits per heavy atom. The lowest BCUT2D eigenvalue weighted by molar-refractivity contribution is -0.136. The summed E-state index contributed by atoms with van der Waals surface area (Å²) in [6.07, 6.45) is -0.946. The molecule has 3 aromatic carbocycles. The highest BCUT2D eigenvalue weighted by Crippen LogP contribution is 2.27. The average Bonchev–Trinajstić information content (AvgIpc) is 2.71. The fraction of sp³-hybridized carbons (Fsp3) is 0.143. The molecule has 28 heavy (non-hydrogen) atoms. The van der Waals surface area contributed by atoms with E-state index in [4.69, 9.17) is 16.3 Å². The molecule has 0 saturated heterocycles. The van der Waals surface area contributed by atoms with Crippen LogP contribution in [-0.4, -0.2) is 30.6 Å². The zero-order valence-electron chi connectivity index (χ0n) is 15.1. The summed E-state index contributed by atoms with van der Waals surface area (Å²) in [7, 11) is 1.48. The first-order chi connectivity index (χ1) is 13.5. The quantitative estimate of drug-likeness (QED) is 0.575. The van der Waals surface area contributed by atoms with E-state index in [0.717, 1.165) is 10.8 Å². The molecule has 0 bridgehead atoms. The number of carbonyl (C=O) groups is 2. The standard InChI is InChI=1S/C21H19ClN2O4/c1-28-19-10-9-14(11-17(19)22)24-21(27)20(26)23-12-18(25)16-8-4-6-13-5-2-3-7-15(13)16/h2-11,18,25H,12H2,1H3,(H,23,26)(H,24,27)/t18-/m1/s1. The monoisotopic (exact) mass is 398 g/mol. The maximum atomic E-state index is 12.1. The lowest BCUT2D eigenvalue weighted by Crippen LogP contribution is -2.37. The first-order valence-corrected chi connectivity index (χ1v) is 8.96. The highest BCUT2D eigenvalue weighted by Gasteiger charge is 2.17. The third-order valence-corrected chi connectivity index (χ3v) is 4.55. The summed E-state index contributed by atoms with van der Waals surface area (Å²) < 4.78 is 5.04. The van der Waals surface area contributed by atoms with Crippen molar-refractivity contribution >= 4 is 39.9 Å². The van der Waals surface area contributed by atoms with Gasteiger partial charge in [-0.3, -0.25) is 9.59 Å². The van der Waals surface area contributed by atoms with Gasteiger partial charge < -0.3 is 20.5 Å². The molecule has 3 N–H and O–H groups in total. The third-order valence-electron chi connectivity index (χ3n) is 4.25. The second-order valence-electron chi connectivity index (χ2n) is 6.10. The van der Waals surface area contributed by atoms with Crippen LogP contribution < -0.4 is 15.4 Å². The van der Waals surface area contributed by atoms with Gasteiger partial charge in [0.1, 0.15) is 5.75 Å². The summed E-state index contributed by atoms with van der Waals surface area (Å²) in [5, 5.41) is 17.5. The van der Waals surface area contributed by atoms with Gasteiger partial charge >= 0.3 is 11.8 Å². The summed E-state index contributed by atoms with van der Waals surface area (Å²) >= 11 is 6.00. The minimum Gasteiger partial charge on any atom is -0.495 e. The van der Waals surface area contributed by atoms with Crippen LogP contribution >= 0.6 is 11.6 Å². The summed E-state index contributed by atoms with van der Waals surface area (Å²) in [6.45, 7) is -0.0936. The molecule has 0 aromatic heterocycles. The van der Waals surface area contributed by atoms with Crippen LogP contribution in [0.3, 0.4) is 0 Å². The van der Waals surface area contributed by atoms with Gasteiger partial charge in [0.05, 0.1) is 18.2 Å². The average molecular weight is 399 g/mol. The minimum atomic E-state index is -0.946. The van der Waals surface area contributed by atoms with Crippen molar-refractivity contribution in [2.75, 3.05) is 19.0 Å². The Morgan fingerprint density at radius 1 is 1.07 bits per heavy atom. The van der Waals surface area contributed by atoms with E-state index in [9.17, 15) is 14.7 Å². The molecular formula is C21H19ClN2O4. The van der Waals surface area contributed by atoms with E-state index < -0.39 is 17.9 Å². The molecule has 144 valence electrons. The van der Waals surface area contributed by atoms with E-state index in [-0.39, 0.29) is 6.54 Å². The number of aliphatic hydroxyl groups excluding tert-OH is 1. The van der Waals surface area contributed by atoms with Crippen LogP contribution in [0.4, 0.5) is 5.69 Å². The molecule has 2 amide bonds. The number of carbonyl (C=O) groups excluding carboxylic acids is 2. The van der Waals surface area contributed by atoms with Gasteiger partial charge in [-0.05, 0) is 34.5 Å². The Hall–Kier alpha value is -3.09. The van der Waals surface area contributed by atoms with E-state index in [1.165, 1.54) is 13.2 Å². The molecule has 0 unspecified atom stereocenters. The second-order valence-corrected chi connectivity index (χ2v) is 6.50. The SMILES string of the molecule is COc1ccc(NC(=O)C(=O)NC[C@@H](O)c2cccc3ccccc23)cc1Cl. The summed E-state index contributed by atoms with van der Waals surface area (Å²) in [5.41, 5.74) is 1.04. The Bertz CT molecular complexity index is 1020. The number of rotatable bonds is 5. The Balaban J connectivity index is 1.61. The molecular weight excluding hydrogens is 380 g/mol. The maximum Gasteiger partial charge on any atom is 0.313 e. The molecule has 0 radical (unpaired) electrons. The first kappa shape index (κ1) is 19.7. The molecule has 0 aliphatic carbocycles. The van der Waals surface area contributed by atoms with Gasteiger partial charge in [0.2, 0.25) is 0 Å². The van der Waals surface area contributed by atoms with E-state index >= 15 is 0 Å². The van der Waals surface area contributed by atoms with E-state index in [0.29, 0.717) is 22.0 Å². The van der Waals surface area contributed by atoms with Gasteiger partial charge in [-0.1, -0.05) is 54.1 Å². The number of benzene rings is 3. The maximum absolute atomic E-state index is 12.1. The molecule has 0 spiro atoms. The molecule has 0 fully saturated rings. The Labute approximate surface area is 167 Å². The highest BCUT2D eigenvalue weighted by molar-refractivity contribution is 6.40. The second kappa shape index (κ2) is 8.73. The van der Waals surface area contributed by atoms with Gasteiger partial charge in [-0.2, -0.15) is 0 Å². The lowest BCUT2D eigenvalue weighted by Gasteiger charge is -2.15. The van der Waals surface area contributed by atoms with Gasteiger partial charge in [0.15, 0.2) is 0 Å². The van der Waals surface area contributed by atoms with Gasteiger partial charge in [0, 0.05) is 12.2 Å². The molecule has 1 atom stereocenters. The summed E-state index contributed by atoms with van der Waals surface area (Å²) in [6, 6.07) is 17.8. The van der Waals surface area contributed by atoms with Crippen molar-refractivity contribution in [1.82, 2.24) is 5.32 Å². The predicted octanol–water partition coefficient (Wildman–Crippen LogP) is 3.29. The number of amides is 2. The number of aliphatic hydroxyl groups is 1. The van der Waals surface area contributed by atoms with Crippen molar-refractivity contribution in [3.63, 3.8) is 0 Å². The van der Waals surface area contributed by atoms with E-state index in [1.54, 1.807) is 18.2 Å². The Morgan fingerprint density at radius 2 is 1.82 bits per heavy atom. The topological polar surface area (TPSA) is 87.7 Å². The summed E-state index contributed by atoms with van der Waals surface area (Å²) in [4.78, 5) is 24.1. The molecule has 3 aromatic rings. The van der Waals surface area contributed by atoms with Crippen LogP contribution in [0, 0.1) is 0 Å². The van der Waals surface area contributed by atoms with Gasteiger partial charge in [0.25, 0.3) is 0 Å². The van der Waals surface area contributed by atoms with E-state index in [2.05, 4.69) is 10.6 Å². The fourth-order valence-corrected chi connectivity index (χ4v) is 3.11. The molecule has 3 rings (SSSR count). The third kappa shape index (κ3) is 4.42. The molecule has 0 heterocycles. The predicted molar refractivity (Wildman–Crippen MR) is 109 cm³/mol. The molecule has 0 aliphatic heterocycles. The summed E-state index contributed by atoms with van der Waals surface area (Å²) in [5.74, 6) is -1.25. The van der Waals surface area contributed by atoms with Crippen LogP contribution in [0.15, 0.2) is 60.7 Å². The largest absolute Gasteiger partial charge is 0.495 e. The smallest absolute Gasteiger partial charge is 0.313 e. The van der Waals surface area contributed by atoms with Crippen LogP contribution in [-0.2, 0) is 9.59 Å². The van der Waals surface area contributed by atoms with Crippen molar-refractivity contribution in [3.05, 3.63) is 71.2 Å². The first-order valence-electron chi connectivity index (χ1n) is 8.58. The van der Waals surface area contributed by atoms with Crippen molar-refractivity contribution in [3.8, 4) is 5.75 Å². The number of ether oxygens (including phenoxy) is 1. The minimum absolute atomic E-state index is 0.0936. The molecule has 7 heteroatoms. The van der Waals surface area contributed by atoms with Crippen molar-refractivity contribution in [2.24, 2.45) is 0 Å². The number of hydrogen-bond acceptors (Lipinski definition) is 4. The molecule has 6 nitrogen and oxygen atoms in total. The van der Waals surface area contributed by atoms with E-state index in [1.807, 2.05) is 36.4 Å². The number of hydrogen-bond donors (Lipinski definition) is 3. The normalized spacial score (nSPS) is 11.7. The molecule has 0 saturated carbocycles. The highest BCUT2D eigenvalue weighted by atomic mass is 35.5. The van der Waals surface area contributed by atoms with Crippen LogP contribution in [0.5, 0.6) is 5.75 Å². The number of halogens is 1. The van der Waals surface area contributed by atoms with Crippen LogP contribution in [0.2, 0.25) is 5.02 Å². The van der Waals surface area contributed by atoms with Crippen molar-refractivity contribution in [1.29, 1.82) is 0 Å². The Kier molecular flexibility index (Phi) is 6.13. The van der Waals surface area contributed by atoms with Crippen molar-refractivity contribution < 1.29 is 19.4 Å². The number of nitrogens with one attached hydrogen (secondary N) is 2. The van der Waals surface area contributed by atoms with Crippen LogP contribution in [0.25, 0.3) is 10.8 Å². The number of anilines is 1. The van der Waals surface area contributed by atoms with Crippen LogP contribution in [0.1, 0.15) is 11.7 Å². The lowest BCUT2D eigenvalue weighted by atomic mass is 10.0.